The summed E-state index contributed by atoms with van der Waals surface area (Å²) in [4.78, 5) is 10.0. The Morgan fingerprint density at radius 2 is 2.06 bits per heavy atom. The van der Waals surface area contributed by atoms with Gasteiger partial charge < -0.3 is 5.73 Å². The van der Waals surface area contributed by atoms with Gasteiger partial charge in [0.1, 0.15) is 12.6 Å². The summed E-state index contributed by atoms with van der Waals surface area (Å²) in [6, 6.07) is 5.70. The summed E-state index contributed by atoms with van der Waals surface area (Å²) >= 11 is -1.78. The number of nitrogens with zero attached hydrogens (tertiary/aromatic N) is 1. The average Bonchev–Trinajstić information content (AvgIpc) is 2.32. The highest BCUT2D eigenvalue weighted by molar-refractivity contribution is 7.75. The topological polar surface area (TPSA) is 106 Å². The molecule has 1 fully saturated rings. The summed E-state index contributed by atoms with van der Waals surface area (Å²) in [7, 11) is 0. The number of rotatable bonds is 2. The molecule has 7 nitrogen and oxygen atoms in total. The van der Waals surface area contributed by atoms with Crippen molar-refractivity contribution in [3.8, 4) is 0 Å². The normalized spacial score (nSPS) is 28.9. The van der Waals surface area contributed by atoms with Crippen LogP contribution in [0.5, 0.6) is 0 Å². The van der Waals surface area contributed by atoms with Crippen LogP contribution in [0.1, 0.15) is 11.7 Å². The van der Waals surface area contributed by atoms with Crippen LogP contribution in [0.25, 0.3) is 0 Å². The highest BCUT2D eigenvalue weighted by atomic mass is 32.2. The van der Waals surface area contributed by atoms with E-state index in [2.05, 4.69) is 5.73 Å². The van der Waals surface area contributed by atoms with Crippen LogP contribution in [0.15, 0.2) is 24.3 Å². The number of hydrogen-bond acceptors (Lipinski definition) is 5. The molecule has 1 heterocycles. The fraction of sp³-hybridized carbons (Fsp3) is 0.333. The molecular formula is C9H11N2O5S+. The van der Waals surface area contributed by atoms with Crippen molar-refractivity contribution in [3.05, 3.63) is 39.9 Å². The van der Waals surface area contributed by atoms with Crippen LogP contribution in [0.4, 0.5) is 5.69 Å². The zero-order valence-corrected chi connectivity index (χ0v) is 9.59. The highest BCUT2D eigenvalue weighted by Gasteiger charge is 2.32. The molecule has 0 spiro atoms. The molecule has 1 aliphatic heterocycles. The van der Waals surface area contributed by atoms with Gasteiger partial charge >= 0.3 is 11.4 Å². The van der Waals surface area contributed by atoms with E-state index in [-0.39, 0.29) is 18.3 Å². The molecule has 17 heavy (non-hydrogen) atoms. The second kappa shape index (κ2) is 4.88. The fourth-order valence-corrected chi connectivity index (χ4v) is 2.31. The third-order valence-electron chi connectivity index (χ3n) is 2.42. The number of nitro groups is 1. The van der Waals surface area contributed by atoms with Crippen molar-refractivity contribution >= 4 is 17.0 Å². The molecule has 1 saturated heterocycles. The first-order valence-electron chi connectivity index (χ1n) is 4.87. The number of hydrogen-bond donors (Lipinski definition) is 1. The fourth-order valence-electron chi connectivity index (χ4n) is 1.53. The minimum Gasteiger partial charge on any atom is -0.351 e. The van der Waals surface area contributed by atoms with Crippen LogP contribution in [-0.4, -0.2) is 21.8 Å². The van der Waals surface area contributed by atoms with Crippen molar-refractivity contribution in [2.24, 2.45) is 0 Å². The maximum atomic E-state index is 11.1. The van der Waals surface area contributed by atoms with E-state index < -0.39 is 22.4 Å². The molecule has 1 aromatic rings. The first kappa shape index (κ1) is 12.1. The molecule has 1 aromatic carbocycles. The van der Waals surface area contributed by atoms with E-state index in [9.17, 15) is 14.3 Å². The van der Waals surface area contributed by atoms with Gasteiger partial charge in [-0.1, -0.05) is 0 Å². The molecule has 0 saturated carbocycles. The summed E-state index contributed by atoms with van der Waals surface area (Å²) in [6.45, 7) is 0.230. The lowest BCUT2D eigenvalue weighted by Crippen LogP contribution is -2.67. The molecule has 0 radical (unpaired) electrons. The SMILES string of the molecule is [NH3+][C@H]1CO[S@](=O)O[C@H]1c1ccc([N+](=O)[O-])cc1. The Morgan fingerprint density at radius 1 is 1.41 bits per heavy atom. The molecule has 0 aromatic heterocycles. The molecule has 8 heteroatoms. The van der Waals surface area contributed by atoms with Gasteiger partial charge in [-0.3, -0.25) is 18.5 Å². The smallest absolute Gasteiger partial charge is 0.305 e. The molecule has 0 unspecified atom stereocenters. The molecule has 0 amide bonds. The van der Waals surface area contributed by atoms with Crippen molar-refractivity contribution in [2.75, 3.05) is 6.61 Å². The zero-order valence-electron chi connectivity index (χ0n) is 8.78. The summed E-state index contributed by atoms with van der Waals surface area (Å²) in [5.41, 5.74) is 4.53. The average molecular weight is 259 g/mol. The monoisotopic (exact) mass is 259 g/mol. The van der Waals surface area contributed by atoms with Gasteiger partial charge in [-0.25, -0.2) is 0 Å². The number of nitro benzene ring substituents is 1. The van der Waals surface area contributed by atoms with Crippen LogP contribution in [0.2, 0.25) is 0 Å². The van der Waals surface area contributed by atoms with Crippen molar-refractivity contribution in [1.29, 1.82) is 0 Å². The minimum atomic E-state index is -1.78. The lowest BCUT2D eigenvalue weighted by molar-refractivity contribution is -0.444. The largest absolute Gasteiger partial charge is 0.351 e. The quantitative estimate of drug-likeness (QED) is 0.588. The molecule has 0 bridgehead atoms. The number of non-ortho nitro benzene ring substituents is 1. The van der Waals surface area contributed by atoms with Crippen molar-refractivity contribution in [2.45, 2.75) is 12.1 Å². The summed E-state index contributed by atoms with van der Waals surface area (Å²) in [5.74, 6) is 0. The van der Waals surface area contributed by atoms with Gasteiger partial charge in [-0.15, -0.1) is 0 Å². The van der Waals surface area contributed by atoms with E-state index in [1.54, 1.807) is 12.1 Å². The number of benzene rings is 1. The van der Waals surface area contributed by atoms with Gasteiger partial charge in [0.2, 0.25) is 0 Å². The van der Waals surface area contributed by atoms with Crippen LogP contribution < -0.4 is 5.73 Å². The van der Waals surface area contributed by atoms with Crippen LogP contribution in [0.3, 0.4) is 0 Å². The second-order valence-electron chi connectivity index (χ2n) is 3.61. The van der Waals surface area contributed by atoms with E-state index in [4.69, 9.17) is 8.37 Å². The molecule has 3 atom stereocenters. The van der Waals surface area contributed by atoms with E-state index in [0.717, 1.165) is 0 Å². The zero-order chi connectivity index (χ0) is 12.4. The lowest BCUT2D eigenvalue weighted by Gasteiger charge is -2.24. The van der Waals surface area contributed by atoms with Gasteiger partial charge in [0.05, 0.1) is 4.92 Å². The van der Waals surface area contributed by atoms with Crippen LogP contribution in [-0.2, 0) is 19.7 Å². The second-order valence-corrected chi connectivity index (χ2v) is 4.45. The van der Waals surface area contributed by atoms with Gasteiger partial charge in [0.15, 0.2) is 6.10 Å². The Morgan fingerprint density at radius 3 is 2.65 bits per heavy atom. The Bertz CT molecular complexity index is 449. The minimum absolute atomic E-state index is 0.00236. The highest BCUT2D eigenvalue weighted by Crippen LogP contribution is 2.26. The Kier molecular flexibility index (Phi) is 3.48. The van der Waals surface area contributed by atoms with E-state index in [1.807, 2.05) is 0 Å². The lowest BCUT2D eigenvalue weighted by atomic mass is 10.0. The Balaban J connectivity index is 2.21. The van der Waals surface area contributed by atoms with Crippen LogP contribution in [0, 0.1) is 10.1 Å². The summed E-state index contributed by atoms with van der Waals surface area (Å²) in [5, 5.41) is 10.5. The van der Waals surface area contributed by atoms with E-state index in [0.29, 0.717) is 5.56 Å². The molecule has 2 rings (SSSR count). The molecule has 0 aliphatic carbocycles. The third kappa shape index (κ3) is 2.67. The maximum absolute atomic E-state index is 11.1. The molecule has 1 aliphatic rings. The molecule has 3 N–H and O–H groups in total. The van der Waals surface area contributed by atoms with E-state index in [1.165, 1.54) is 12.1 Å². The summed E-state index contributed by atoms with van der Waals surface area (Å²) in [6.07, 6.45) is -0.467. The first-order chi connectivity index (χ1) is 8.08. The maximum Gasteiger partial charge on any atom is 0.305 e. The first-order valence-corrected chi connectivity index (χ1v) is 5.87. The predicted octanol–water partition coefficient (Wildman–Crippen LogP) is -0.128. The van der Waals surface area contributed by atoms with Gasteiger partial charge in [-0.2, -0.15) is 4.21 Å². The standard InChI is InChI=1S/C9H10N2O5S/c10-8-5-15-17(14)16-9(8)6-1-3-7(4-2-6)11(12)13/h1-4,8-9H,5,10H2/p+1/t8-,9-,17-/m0/s1. The van der Waals surface area contributed by atoms with Gasteiger partial charge in [0.25, 0.3) is 5.69 Å². The van der Waals surface area contributed by atoms with Crippen molar-refractivity contribution in [3.63, 3.8) is 0 Å². The Hall–Kier alpha value is -1.35. The third-order valence-corrected chi connectivity index (χ3v) is 3.11. The molecular weight excluding hydrogens is 248 g/mol. The van der Waals surface area contributed by atoms with Gasteiger partial charge in [0, 0.05) is 12.1 Å². The number of quaternary nitrogens is 1. The van der Waals surface area contributed by atoms with Crippen LogP contribution >= 0.6 is 0 Å². The molecule has 92 valence electrons. The van der Waals surface area contributed by atoms with Crippen molar-refractivity contribution < 1.29 is 23.2 Å². The van der Waals surface area contributed by atoms with Crippen molar-refractivity contribution in [1.82, 2.24) is 0 Å². The summed E-state index contributed by atoms with van der Waals surface area (Å²) < 4.78 is 21.0. The van der Waals surface area contributed by atoms with Gasteiger partial charge in [-0.05, 0) is 17.7 Å². The Labute approximate surface area is 99.5 Å². The van der Waals surface area contributed by atoms with E-state index >= 15 is 0 Å². The predicted molar refractivity (Wildman–Crippen MR) is 57.7 cm³/mol.